The molecule has 0 radical (unpaired) electrons. The van der Waals surface area contributed by atoms with Crippen LogP contribution in [0.4, 0.5) is 0 Å². The maximum Gasteiger partial charge on any atom is 0.263 e. The van der Waals surface area contributed by atoms with Gasteiger partial charge in [0, 0.05) is 23.0 Å². The van der Waals surface area contributed by atoms with Gasteiger partial charge in [-0.15, -0.1) is 0 Å². The smallest absolute Gasteiger partial charge is 0.263 e. The number of ether oxygens (including phenoxy) is 1. The average molecular weight is 398 g/mol. The maximum absolute atomic E-state index is 13.3. The van der Waals surface area contributed by atoms with Gasteiger partial charge >= 0.3 is 0 Å². The van der Waals surface area contributed by atoms with Crippen molar-refractivity contribution in [1.82, 2.24) is 9.88 Å². The van der Waals surface area contributed by atoms with E-state index < -0.39 is 0 Å². The number of hydrogen-bond donors (Lipinski definition) is 1. The van der Waals surface area contributed by atoms with Crippen molar-refractivity contribution in [3.8, 4) is 11.4 Å². The van der Waals surface area contributed by atoms with Crippen LogP contribution in [0.3, 0.4) is 0 Å². The summed E-state index contributed by atoms with van der Waals surface area (Å²) in [6.45, 7) is 2.19. The van der Waals surface area contributed by atoms with E-state index in [-0.39, 0.29) is 11.5 Å². The molecule has 0 bridgehead atoms. The van der Waals surface area contributed by atoms with E-state index in [4.69, 9.17) is 4.74 Å². The van der Waals surface area contributed by atoms with Gasteiger partial charge in [0.1, 0.15) is 5.75 Å². The van der Waals surface area contributed by atoms with E-state index >= 15 is 0 Å². The van der Waals surface area contributed by atoms with Crippen molar-refractivity contribution in [1.29, 1.82) is 0 Å². The second-order valence-electron chi connectivity index (χ2n) is 6.99. The molecule has 0 unspecified atom stereocenters. The van der Waals surface area contributed by atoms with Crippen LogP contribution in [0.15, 0.2) is 83.7 Å². The molecule has 30 heavy (non-hydrogen) atoms. The Balaban J connectivity index is 1.89. The number of para-hydroxylation sites is 2. The molecule has 5 nitrogen and oxygen atoms in total. The highest BCUT2D eigenvalue weighted by Crippen LogP contribution is 2.26. The van der Waals surface area contributed by atoms with Crippen LogP contribution in [0, 0.1) is 6.92 Å². The summed E-state index contributed by atoms with van der Waals surface area (Å²) in [6, 6.07) is 24.2. The number of carbonyl (C=O) groups excluding carboxylic acids is 1. The Bertz CT molecular complexity index is 1280. The van der Waals surface area contributed by atoms with Crippen LogP contribution in [-0.4, -0.2) is 17.6 Å². The number of aromatic nitrogens is 1. The lowest BCUT2D eigenvalue weighted by Crippen LogP contribution is -2.29. The molecule has 0 fully saturated rings. The normalized spacial score (nSPS) is 10.7. The average Bonchev–Trinajstić information content (AvgIpc) is 2.79. The van der Waals surface area contributed by atoms with Crippen LogP contribution < -0.4 is 15.6 Å². The summed E-state index contributed by atoms with van der Waals surface area (Å²) in [5, 5.41) is 4.11. The first-order valence-electron chi connectivity index (χ1n) is 9.71. The second-order valence-corrected chi connectivity index (χ2v) is 6.99. The third-order valence-electron chi connectivity index (χ3n) is 5.18. The number of rotatable bonds is 5. The molecule has 1 N–H and O–H groups in total. The minimum Gasteiger partial charge on any atom is -0.495 e. The molecular weight excluding hydrogens is 376 g/mol. The van der Waals surface area contributed by atoms with Crippen LogP contribution in [0.1, 0.15) is 21.6 Å². The van der Waals surface area contributed by atoms with Gasteiger partial charge in [-0.05, 0) is 30.7 Å². The Morgan fingerprint density at radius 1 is 0.900 bits per heavy atom. The van der Waals surface area contributed by atoms with E-state index in [9.17, 15) is 9.59 Å². The van der Waals surface area contributed by atoms with Crippen LogP contribution in [0.2, 0.25) is 0 Å². The summed E-state index contributed by atoms with van der Waals surface area (Å²) >= 11 is 0. The van der Waals surface area contributed by atoms with Gasteiger partial charge in [-0.3, -0.25) is 14.2 Å². The predicted molar refractivity (Wildman–Crippen MR) is 118 cm³/mol. The van der Waals surface area contributed by atoms with E-state index in [1.54, 1.807) is 36.8 Å². The summed E-state index contributed by atoms with van der Waals surface area (Å²) in [5.74, 6) is 0.338. The van der Waals surface area contributed by atoms with Crippen LogP contribution >= 0.6 is 0 Å². The molecule has 0 aliphatic heterocycles. The molecule has 150 valence electrons. The highest BCUT2D eigenvalue weighted by molar-refractivity contribution is 6.07. The third-order valence-corrected chi connectivity index (χ3v) is 5.18. The quantitative estimate of drug-likeness (QED) is 0.547. The summed E-state index contributed by atoms with van der Waals surface area (Å²) in [6.07, 6.45) is 0. The number of nitrogens with one attached hydrogen (secondary N) is 1. The zero-order valence-electron chi connectivity index (χ0n) is 16.9. The molecule has 0 saturated carbocycles. The summed E-state index contributed by atoms with van der Waals surface area (Å²) in [4.78, 5) is 26.6. The summed E-state index contributed by atoms with van der Waals surface area (Å²) in [5.41, 5.74) is 2.46. The fourth-order valence-corrected chi connectivity index (χ4v) is 3.72. The van der Waals surface area contributed by atoms with Crippen molar-refractivity contribution in [2.45, 2.75) is 13.5 Å². The van der Waals surface area contributed by atoms with Crippen LogP contribution in [0.25, 0.3) is 16.5 Å². The van der Waals surface area contributed by atoms with E-state index in [0.717, 1.165) is 5.56 Å². The number of amides is 1. The molecule has 0 saturated heterocycles. The lowest BCUT2D eigenvalue weighted by atomic mass is 10.0. The second kappa shape index (κ2) is 8.25. The zero-order chi connectivity index (χ0) is 21.1. The zero-order valence-corrected chi connectivity index (χ0v) is 16.9. The third kappa shape index (κ3) is 3.46. The standard InChI is InChI=1S/C25H22N2O3/c1-17-23(24(28)26-16-18-10-4-3-5-11-18)19-12-6-7-13-20(19)25(29)27(17)21-14-8-9-15-22(21)30-2/h3-15H,16H2,1-2H3,(H,26,28). The SMILES string of the molecule is COc1ccccc1-n1c(C)c(C(=O)NCc2ccccc2)c2ccccc2c1=O. The number of fused-ring (bicyclic) bond motifs is 1. The number of pyridine rings is 1. The first kappa shape index (κ1) is 19.5. The van der Waals surface area contributed by atoms with E-state index in [1.807, 2.05) is 60.7 Å². The van der Waals surface area contributed by atoms with Crippen molar-refractivity contribution in [2.24, 2.45) is 0 Å². The number of benzene rings is 3. The lowest BCUT2D eigenvalue weighted by molar-refractivity contribution is 0.0951. The largest absolute Gasteiger partial charge is 0.495 e. The highest BCUT2D eigenvalue weighted by Gasteiger charge is 2.21. The summed E-state index contributed by atoms with van der Waals surface area (Å²) in [7, 11) is 1.56. The molecule has 1 aromatic heterocycles. The van der Waals surface area contributed by atoms with Gasteiger partial charge in [-0.25, -0.2) is 0 Å². The fourth-order valence-electron chi connectivity index (χ4n) is 3.72. The molecule has 0 atom stereocenters. The van der Waals surface area contributed by atoms with Gasteiger partial charge in [0.15, 0.2) is 0 Å². The molecule has 0 aliphatic carbocycles. The number of methoxy groups -OCH3 is 1. The molecule has 4 rings (SSSR count). The Labute approximate surface area is 174 Å². The molecule has 5 heteroatoms. The summed E-state index contributed by atoms with van der Waals surface area (Å²) < 4.78 is 7.02. The van der Waals surface area contributed by atoms with E-state index in [0.29, 0.717) is 40.0 Å². The number of carbonyl (C=O) groups is 1. The Kier molecular flexibility index (Phi) is 5.35. The fraction of sp³-hybridized carbons (Fsp3) is 0.120. The monoisotopic (exact) mass is 398 g/mol. The van der Waals surface area contributed by atoms with Crippen LogP contribution in [0.5, 0.6) is 5.75 Å². The minimum absolute atomic E-state index is 0.188. The molecule has 0 spiro atoms. The first-order chi connectivity index (χ1) is 14.6. The van der Waals surface area contributed by atoms with Crippen molar-refractivity contribution >= 4 is 16.7 Å². The number of nitrogens with zero attached hydrogens (tertiary/aromatic N) is 1. The van der Waals surface area contributed by atoms with E-state index in [2.05, 4.69) is 5.32 Å². The van der Waals surface area contributed by atoms with Gasteiger partial charge < -0.3 is 10.1 Å². The molecule has 1 amide bonds. The Morgan fingerprint density at radius 3 is 2.27 bits per heavy atom. The van der Waals surface area contributed by atoms with Crippen molar-refractivity contribution in [3.63, 3.8) is 0 Å². The molecule has 1 heterocycles. The van der Waals surface area contributed by atoms with E-state index in [1.165, 1.54) is 0 Å². The maximum atomic E-state index is 13.3. The highest BCUT2D eigenvalue weighted by atomic mass is 16.5. The predicted octanol–water partition coefficient (Wildman–Crippen LogP) is 4.24. The first-order valence-corrected chi connectivity index (χ1v) is 9.71. The minimum atomic E-state index is -0.226. The van der Waals surface area contributed by atoms with Gasteiger partial charge in [-0.1, -0.05) is 60.7 Å². The number of hydrogen-bond acceptors (Lipinski definition) is 3. The van der Waals surface area contributed by atoms with Gasteiger partial charge in [0.25, 0.3) is 11.5 Å². The van der Waals surface area contributed by atoms with Gasteiger partial charge in [0.05, 0.1) is 18.4 Å². The lowest BCUT2D eigenvalue weighted by Gasteiger charge is -2.19. The topological polar surface area (TPSA) is 60.3 Å². The van der Waals surface area contributed by atoms with Crippen molar-refractivity contribution < 1.29 is 9.53 Å². The van der Waals surface area contributed by atoms with Crippen LogP contribution in [-0.2, 0) is 6.54 Å². The molecule has 3 aromatic carbocycles. The van der Waals surface area contributed by atoms with Crippen molar-refractivity contribution in [2.75, 3.05) is 7.11 Å². The Hall–Kier alpha value is -3.86. The Morgan fingerprint density at radius 2 is 1.53 bits per heavy atom. The molecule has 0 aliphatic rings. The van der Waals surface area contributed by atoms with Gasteiger partial charge in [-0.2, -0.15) is 0 Å². The molecular formula is C25H22N2O3. The molecule has 4 aromatic rings. The van der Waals surface area contributed by atoms with Crippen molar-refractivity contribution in [3.05, 3.63) is 106 Å². The van der Waals surface area contributed by atoms with Gasteiger partial charge in [0.2, 0.25) is 0 Å².